The maximum Gasteiger partial charge on any atom is 0.321 e. The van der Waals surface area contributed by atoms with Crippen LogP contribution in [0.4, 0.5) is 0 Å². The summed E-state index contributed by atoms with van der Waals surface area (Å²) in [5.74, 6) is 0.0748. The Hall–Kier alpha value is -0.830. The number of fused-ring (bicyclic) bond motifs is 1. The summed E-state index contributed by atoms with van der Waals surface area (Å²) in [5.41, 5.74) is 1.25. The van der Waals surface area contributed by atoms with E-state index in [4.69, 9.17) is 5.11 Å². The van der Waals surface area contributed by atoms with E-state index in [2.05, 4.69) is 6.58 Å². The van der Waals surface area contributed by atoms with Gasteiger partial charge in [-0.25, -0.2) is 0 Å². The first-order valence-electron chi connectivity index (χ1n) is 4.72. The predicted molar refractivity (Wildman–Crippen MR) is 49.4 cm³/mol. The van der Waals surface area contributed by atoms with Crippen molar-refractivity contribution in [2.45, 2.75) is 18.9 Å². The van der Waals surface area contributed by atoms with Gasteiger partial charge in [-0.15, -0.1) is 0 Å². The quantitative estimate of drug-likeness (QED) is 0.613. The van der Waals surface area contributed by atoms with E-state index in [1.165, 1.54) is 5.57 Å². The lowest BCUT2D eigenvalue weighted by atomic mass is 9.93. The molecule has 0 amide bonds. The van der Waals surface area contributed by atoms with E-state index in [1.54, 1.807) is 0 Å². The maximum atomic E-state index is 11.0. The van der Waals surface area contributed by atoms with E-state index in [0.29, 0.717) is 11.8 Å². The summed E-state index contributed by atoms with van der Waals surface area (Å²) < 4.78 is 0. The normalized spacial score (nSPS) is 39.5. The van der Waals surface area contributed by atoms with Gasteiger partial charge >= 0.3 is 5.97 Å². The average Bonchev–Trinajstić information content (AvgIpc) is 2.51. The first kappa shape index (κ1) is 8.75. The number of hydrogen-bond donors (Lipinski definition) is 1. The zero-order valence-electron chi connectivity index (χ0n) is 7.86. The van der Waals surface area contributed by atoms with Crippen LogP contribution in [0.1, 0.15) is 12.8 Å². The molecule has 2 rings (SSSR count). The number of carboxylic acids is 1. The molecule has 1 N–H and O–H groups in total. The van der Waals surface area contributed by atoms with Gasteiger partial charge in [-0.05, 0) is 31.7 Å². The van der Waals surface area contributed by atoms with Crippen LogP contribution >= 0.6 is 0 Å². The minimum Gasteiger partial charge on any atom is -0.480 e. The second-order valence-electron chi connectivity index (χ2n) is 4.19. The van der Waals surface area contributed by atoms with Gasteiger partial charge in [-0.3, -0.25) is 9.69 Å². The molecule has 0 bridgehead atoms. The minimum absolute atomic E-state index is 0.274. The minimum atomic E-state index is -0.676. The topological polar surface area (TPSA) is 40.5 Å². The van der Waals surface area contributed by atoms with Gasteiger partial charge in [0.1, 0.15) is 6.04 Å². The molecular weight excluding hydrogens is 166 g/mol. The molecule has 1 saturated carbocycles. The monoisotopic (exact) mass is 181 g/mol. The van der Waals surface area contributed by atoms with E-state index in [0.717, 1.165) is 19.4 Å². The van der Waals surface area contributed by atoms with E-state index in [1.807, 2.05) is 11.9 Å². The molecule has 0 aromatic rings. The van der Waals surface area contributed by atoms with Gasteiger partial charge in [0.25, 0.3) is 0 Å². The van der Waals surface area contributed by atoms with Crippen molar-refractivity contribution in [1.82, 2.24) is 4.90 Å². The Morgan fingerprint density at radius 1 is 1.69 bits per heavy atom. The average molecular weight is 181 g/mol. The molecule has 0 unspecified atom stereocenters. The van der Waals surface area contributed by atoms with Crippen LogP contribution in [-0.2, 0) is 4.79 Å². The van der Waals surface area contributed by atoms with Gasteiger partial charge in [0, 0.05) is 6.54 Å². The fraction of sp³-hybridized carbons (Fsp3) is 0.700. The van der Waals surface area contributed by atoms with Crippen molar-refractivity contribution in [3.63, 3.8) is 0 Å². The standard InChI is InChI=1S/C10H15NO2/c1-6-3-4-7-8(6)5-11(2)9(7)10(12)13/h7-9H,1,3-5H2,2H3,(H,12,13)/t7-,8+,9-/m0/s1. The molecule has 3 heteroatoms. The Balaban J connectivity index is 2.22. The number of nitrogens with zero attached hydrogens (tertiary/aromatic N) is 1. The van der Waals surface area contributed by atoms with Gasteiger partial charge < -0.3 is 5.11 Å². The molecule has 1 heterocycles. The number of likely N-dealkylation sites (tertiary alicyclic amines) is 1. The largest absolute Gasteiger partial charge is 0.480 e. The van der Waals surface area contributed by atoms with Crippen molar-refractivity contribution < 1.29 is 9.90 Å². The van der Waals surface area contributed by atoms with Gasteiger partial charge in [0.2, 0.25) is 0 Å². The fourth-order valence-electron chi connectivity index (χ4n) is 2.81. The zero-order valence-corrected chi connectivity index (χ0v) is 7.86. The number of carbonyl (C=O) groups is 1. The van der Waals surface area contributed by atoms with Crippen LogP contribution in [0.25, 0.3) is 0 Å². The van der Waals surface area contributed by atoms with E-state index in [-0.39, 0.29) is 6.04 Å². The summed E-state index contributed by atoms with van der Waals surface area (Å²) in [6.45, 7) is 4.88. The highest BCUT2D eigenvalue weighted by Gasteiger charge is 2.47. The summed E-state index contributed by atoms with van der Waals surface area (Å²) in [6, 6.07) is -0.274. The van der Waals surface area contributed by atoms with Gasteiger partial charge in [0.05, 0.1) is 0 Å². The molecule has 13 heavy (non-hydrogen) atoms. The van der Waals surface area contributed by atoms with Crippen molar-refractivity contribution in [2.75, 3.05) is 13.6 Å². The fourth-order valence-corrected chi connectivity index (χ4v) is 2.81. The Morgan fingerprint density at radius 3 is 3.00 bits per heavy atom. The van der Waals surface area contributed by atoms with Crippen molar-refractivity contribution in [2.24, 2.45) is 11.8 Å². The number of aliphatic carboxylic acids is 1. The third-order valence-corrected chi connectivity index (χ3v) is 3.46. The van der Waals surface area contributed by atoms with E-state index < -0.39 is 5.97 Å². The first-order chi connectivity index (χ1) is 6.11. The van der Waals surface area contributed by atoms with E-state index in [9.17, 15) is 4.79 Å². The summed E-state index contributed by atoms with van der Waals surface area (Å²) in [5, 5.41) is 9.05. The number of carboxylic acid groups (broad SMARTS) is 1. The molecule has 72 valence electrons. The molecule has 0 aromatic heterocycles. The Kier molecular flexibility index (Phi) is 1.91. The maximum absolute atomic E-state index is 11.0. The molecule has 3 atom stereocenters. The van der Waals surface area contributed by atoms with Gasteiger partial charge in [-0.1, -0.05) is 12.2 Å². The van der Waals surface area contributed by atoms with Crippen LogP contribution in [0.5, 0.6) is 0 Å². The highest BCUT2D eigenvalue weighted by atomic mass is 16.4. The van der Waals surface area contributed by atoms with Crippen molar-refractivity contribution in [1.29, 1.82) is 0 Å². The molecule has 0 radical (unpaired) electrons. The van der Waals surface area contributed by atoms with Crippen LogP contribution in [0.2, 0.25) is 0 Å². The molecule has 3 nitrogen and oxygen atoms in total. The van der Waals surface area contributed by atoms with Gasteiger partial charge in [0.15, 0.2) is 0 Å². The van der Waals surface area contributed by atoms with Crippen molar-refractivity contribution >= 4 is 5.97 Å². The second-order valence-corrected chi connectivity index (χ2v) is 4.19. The lowest BCUT2D eigenvalue weighted by molar-refractivity contribution is -0.143. The SMILES string of the molecule is C=C1CC[C@H]2[C@@H]1CN(C)[C@@H]2C(=O)O. The Bertz CT molecular complexity index is 262. The third-order valence-electron chi connectivity index (χ3n) is 3.46. The van der Waals surface area contributed by atoms with Crippen molar-refractivity contribution in [3.05, 3.63) is 12.2 Å². The molecule has 1 saturated heterocycles. The molecule has 1 aliphatic heterocycles. The van der Waals surface area contributed by atoms with Crippen LogP contribution < -0.4 is 0 Å². The molecule has 2 fully saturated rings. The molecule has 0 spiro atoms. The molecule has 1 aliphatic carbocycles. The number of likely N-dealkylation sites (N-methyl/N-ethyl adjacent to an activating group) is 1. The summed E-state index contributed by atoms with van der Waals surface area (Å²) in [4.78, 5) is 12.9. The highest BCUT2D eigenvalue weighted by molar-refractivity contribution is 5.74. The molecule has 0 aromatic carbocycles. The predicted octanol–water partition coefficient (Wildman–Crippen LogP) is 0.967. The summed E-state index contributed by atoms with van der Waals surface area (Å²) >= 11 is 0. The third kappa shape index (κ3) is 1.18. The Morgan fingerprint density at radius 2 is 2.38 bits per heavy atom. The summed E-state index contributed by atoms with van der Waals surface area (Å²) in [6.07, 6.45) is 2.03. The smallest absolute Gasteiger partial charge is 0.321 e. The molecular formula is C10H15NO2. The Labute approximate surface area is 78.0 Å². The van der Waals surface area contributed by atoms with Crippen LogP contribution in [0.15, 0.2) is 12.2 Å². The first-order valence-corrected chi connectivity index (χ1v) is 4.72. The second kappa shape index (κ2) is 2.84. The van der Waals surface area contributed by atoms with Gasteiger partial charge in [-0.2, -0.15) is 0 Å². The van der Waals surface area contributed by atoms with Crippen LogP contribution in [-0.4, -0.2) is 35.6 Å². The van der Waals surface area contributed by atoms with E-state index >= 15 is 0 Å². The van der Waals surface area contributed by atoms with Crippen LogP contribution in [0, 0.1) is 11.8 Å². The number of hydrogen-bond acceptors (Lipinski definition) is 2. The lowest BCUT2D eigenvalue weighted by Gasteiger charge is -2.18. The lowest BCUT2D eigenvalue weighted by Crippen LogP contribution is -2.36. The summed E-state index contributed by atoms with van der Waals surface area (Å²) in [7, 11) is 1.89. The zero-order chi connectivity index (χ0) is 9.59. The number of rotatable bonds is 1. The van der Waals surface area contributed by atoms with Crippen LogP contribution in [0.3, 0.4) is 0 Å². The molecule has 2 aliphatic rings. The van der Waals surface area contributed by atoms with Crippen molar-refractivity contribution in [3.8, 4) is 0 Å². The highest BCUT2D eigenvalue weighted by Crippen LogP contribution is 2.44.